The molecule has 3 nitrogen and oxygen atoms in total. The number of hydrogen-bond acceptors (Lipinski definition) is 3. The van der Waals surface area contributed by atoms with Crippen LogP contribution >= 0.6 is 11.3 Å². The first-order chi connectivity index (χ1) is 13.4. The topological polar surface area (TPSA) is 34.9 Å². The van der Waals surface area contributed by atoms with Crippen molar-refractivity contribution in [3.63, 3.8) is 0 Å². The van der Waals surface area contributed by atoms with Crippen LogP contribution in [0.5, 0.6) is 0 Å². The lowest BCUT2D eigenvalue weighted by Gasteiger charge is -2.13. The van der Waals surface area contributed by atoms with Crippen molar-refractivity contribution in [2.24, 2.45) is 0 Å². The van der Waals surface area contributed by atoms with Gasteiger partial charge in [0.1, 0.15) is 5.82 Å². The van der Waals surface area contributed by atoms with E-state index in [1.807, 2.05) is 17.5 Å². The number of alkyl halides is 3. The fraction of sp³-hybridized carbons (Fsp3) is 0.0476. The van der Waals surface area contributed by atoms with Gasteiger partial charge >= 0.3 is 6.18 Å². The molecule has 0 spiro atoms. The molecule has 0 atom stereocenters. The first-order valence-corrected chi connectivity index (χ1v) is 9.22. The predicted octanol–water partition coefficient (Wildman–Crippen LogP) is 5.64. The third-order valence-corrected chi connectivity index (χ3v) is 5.01. The van der Waals surface area contributed by atoms with E-state index in [1.165, 1.54) is 28.0 Å². The van der Waals surface area contributed by atoms with Gasteiger partial charge in [0.25, 0.3) is 5.56 Å². The predicted molar refractivity (Wildman–Crippen MR) is 106 cm³/mol. The van der Waals surface area contributed by atoms with Gasteiger partial charge in [-0.15, -0.1) is 11.3 Å². The van der Waals surface area contributed by atoms with Crippen molar-refractivity contribution in [2.45, 2.75) is 6.18 Å². The Balaban J connectivity index is 1.97. The van der Waals surface area contributed by atoms with Crippen molar-refractivity contribution in [2.75, 3.05) is 0 Å². The fourth-order valence-electron chi connectivity index (χ4n) is 2.88. The highest BCUT2D eigenvalue weighted by Gasteiger charge is 2.30. The van der Waals surface area contributed by atoms with Crippen LogP contribution in [0.25, 0.3) is 28.7 Å². The Kier molecular flexibility index (Phi) is 4.60. The summed E-state index contributed by atoms with van der Waals surface area (Å²) < 4.78 is 40.7. The van der Waals surface area contributed by atoms with Gasteiger partial charge in [0.15, 0.2) is 0 Å². The van der Waals surface area contributed by atoms with Gasteiger partial charge in [0.05, 0.1) is 22.2 Å². The van der Waals surface area contributed by atoms with Crippen LogP contribution in [0.3, 0.4) is 0 Å². The Hall–Kier alpha value is -3.19. The van der Waals surface area contributed by atoms with Gasteiger partial charge in [-0.2, -0.15) is 13.2 Å². The second-order valence-electron chi connectivity index (χ2n) is 6.02. The number of nitrogens with zero attached hydrogens (tertiary/aromatic N) is 2. The summed E-state index contributed by atoms with van der Waals surface area (Å²) in [6.07, 6.45) is -1.08. The molecule has 0 aliphatic carbocycles. The first kappa shape index (κ1) is 18.2. The number of halogens is 3. The molecular weight excluding hydrogens is 385 g/mol. The molecule has 0 radical (unpaired) electrons. The van der Waals surface area contributed by atoms with Crippen LogP contribution in [0.1, 0.15) is 16.3 Å². The average molecular weight is 398 g/mol. The van der Waals surface area contributed by atoms with Gasteiger partial charge in [-0.05, 0) is 53.9 Å². The Morgan fingerprint density at radius 2 is 1.79 bits per heavy atom. The molecule has 2 heterocycles. The SMILES string of the molecule is O=c1c2ccccc2nc(/C=C/c2cccs2)n1-c1cccc(C(F)(F)F)c1. The van der Waals surface area contributed by atoms with Gasteiger partial charge in [-0.1, -0.05) is 24.3 Å². The summed E-state index contributed by atoms with van der Waals surface area (Å²) in [6.45, 7) is 0. The minimum atomic E-state index is -4.50. The maximum absolute atomic E-state index is 13.2. The summed E-state index contributed by atoms with van der Waals surface area (Å²) in [4.78, 5) is 18.5. The number of thiophene rings is 1. The largest absolute Gasteiger partial charge is 0.416 e. The molecule has 0 fully saturated rings. The van der Waals surface area contributed by atoms with Crippen molar-refractivity contribution < 1.29 is 13.2 Å². The molecular formula is C21H13F3N2OS. The van der Waals surface area contributed by atoms with Gasteiger partial charge in [0.2, 0.25) is 0 Å². The van der Waals surface area contributed by atoms with E-state index in [9.17, 15) is 18.0 Å². The van der Waals surface area contributed by atoms with Crippen LogP contribution in [-0.2, 0) is 6.18 Å². The lowest BCUT2D eigenvalue weighted by atomic mass is 10.1. The molecule has 28 heavy (non-hydrogen) atoms. The minimum Gasteiger partial charge on any atom is -0.268 e. The highest BCUT2D eigenvalue weighted by Crippen LogP contribution is 2.30. The molecule has 0 saturated heterocycles. The molecule has 0 amide bonds. The molecule has 2 aromatic heterocycles. The summed E-state index contributed by atoms with van der Waals surface area (Å²) in [5.41, 5.74) is -0.639. The summed E-state index contributed by atoms with van der Waals surface area (Å²) in [5, 5.41) is 2.25. The minimum absolute atomic E-state index is 0.115. The number of aromatic nitrogens is 2. The molecule has 4 rings (SSSR count). The second kappa shape index (κ2) is 7.09. The third kappa shape index (κ3) is 3.48. The van der Waals surface area contributed by atoms with E-state index < -0.39 is 17.3 Å². The van der Waals surface area contributed by atoms with E-state index in [1.54, 1.807) is 36.4 Å². The van der Waals surface area contributed by atoms with E-state index in [2.05, 4.69) is 4.98 Å². The van der Waals surface area contributed by atoms with E-state index in [-0.39, 0.29) is 11.5 Å². The molecule has 7 heteroatoms. The van der Waals surface area contributed by atoms with Crippen molar-refractivity contribution in [1.82, 2.24) is 9.55 Å². The zero-order valence-corrected chi connectivity index (χ0v) is 15.2. The lowest BCUT2D eigenvalue weighted by molar-refractivity contribution is -0.137. The molecule has 0 aliphatic rings. The molecule has 0 bridgehead atoms. The van der Waals surface area contributed by atoms with Crippen LogP contribution in [0.4, 0.5) is 13.2 Å². The van der Waals surface area contributed by atoms with Crippen molar-refractivity contribution in [3.05, 3.63) is 92.7 Å². The van der Waals surface area contributed by atoms with Crippen LogP contribution in [0, 0.1) is 0 Å². The van der Waals surface area contributed by atoms with E-state index in [0.29, 0.717) is 10.9 Å². The number of fused-ring (bicyclic) bond motifs is 1. The molecule has 0 N–H and O–H groups in total. The van der Waals surface area contributed by atoms with Gasteiger partial charge in [-0.25, -0.2) is 4.98 Å². The van der Waals surface area contributed by atoms with Crippen molar-refractivity contribution in [1.29, 1.82) is 0 Å². The number of para-hydroxylation sites is 1. The van der Waals surface area contributed by atoms with Crippen LogP contribution in [0.15, 0.2) is 70.8 Å². The highest BCUT2D eigenvalue weighted by atomic mass is 32.1. The van der Waals surface area contributed by atoms with Crippen LogP contribution in [-0.4, -0.2) is 9.55 Å². The van der Waals surface area contributed by atoms with Crippen LogP contribution < -0.4 is 5.56 Å². The molecule has 0 unspecified atom stereocenters. The van der Waals surface area contributed by atoms with Crippen LogP contribution in [0.2, 0.25) is 0 Å². The summed E-state index contributed by atoms with van der Waals surface area (Å²) in [6, 6.07) is 15.2. The second-order valence-corrected chi connectivity index (χ2v) is 7.00. The molecule has 140 valence electrons. The summed E-state index contributed by atoms with van der Waals surface area (Å²) >= 11 is 1.51. The molecule has 2 aromatic carbocycles. The van der Waals surface area contributed by atoms with E-state index in [4.69, 9.17) is 0 Å². The van der Waals surface area contributed by atoms with E-state index >= 15 is 0 Å². The summed E-state index contributed by atoms with van der Waals surface area (Å²) in [5.74, 6) is 0.261. The molecule has 0 aliphatic heterocycles. The smallest absolute Gasteiger partial charge is 0.268 e. The quantitative estimate of drug-likeness (QED) is 0.448. The lowest BCUT2D eigenvalue weighted by Crippen LogP contribution is -2.22. The van der Waals surface area contributed by atoms with Crippen molar-refractivity contribution >= 4 is 34.4 Å². The van der Waals surface area contributed by atoms with E-state index in [0.717, 1.165) is 17.0 Å². The first-order valence-electron chi connectivity index (χ1n) is 8.34. The number of rotatable bonds is 3. The highest BCUT2D eigenvalue weighted by molar-refractivity contribution is 7.10. The maximum Gasteiger partial charge on any atom is 0.416 e. The normalized spacial score (nSPS) is 12.1. The Morgan fingerprint density at radius 3 is 2.54 bits per heavy atom. The molecule has 4 aromatic rings. The summed E-state index contributed by atoms with van der Waals surface area (Å²) in [7, 11) is 0. The monoisotopic (exact) mass is 398 g/mol. The van der Waals surface area contributed by atoms with Crippen molar-refractivity contribution in [3.8, 4) is 5.69 Å². The Morgan fingerprint density at radius 1 is 0.964 bits per heavy atom. The average Bonchev–Trinajstić information content (AvgIpc) is 3.19. The number of hydrogen-bond donors (Lipinski definition) is 0. The number of benzene rings is 2. The Bertz CT molecular complexity index is 1220. The Labute approximate surface area is 162 Å². The zero-order valence-electron chi connectivity index (χ0n) is 14.4. The van der Waals surface area contributed by atoms with Gasteiger partial charge in [0, 0.05) is 4.88 Å². The third-order valence-electron chi connectivity index (χ3n) is 4.17. The zero-order chi connectivity index (χ0) is 19.7. The standard InChI is InChI=1S/C21H13F3N2OS/c22-21(23,24)14-5-3-6-15(13-14)26-19(11-10-16-7-4-12-28-16)25-18-9-2-1-8-17(18)20(26)27/h1-13H/b11-10+. The fourth-order valence-corrected chi connectivity index (χ4v) is 3.49. The van der Waals surface area contributed by atoms with Gasteiger partial charge in [-0.3, -0.25) is 9.36 Å². The molecule has 0 saturated carbocycles. The maximum atomic E-state index is 13.2. The van der Waals surface area contributed by atoms with Gasteiger partial charge < -0.3 is 0 Å².